The second-order valence-electron chi connectivity index (χ2n) is 5.81. The molecule has 128 valence electrons. The summed E-state index contributed by atoms with van der Waals surface area (Å²) >= 11 is 0. The lowest BCUT2D eigenvalue weighted by molar-refractivity contribution is -0.118. The number of nitrogens with zero attached hydrogens (tertiary/aromatic N) is 1. The lowest BCUT2D eigenvalue weighted by Gasteiger charge is -2.30. The maximum absolute atomic E-state index is 12.7. The van der Waals surface area contributed by atoms with Crippen LogP contribution >= 0.6 is 12.4 Å². The maximum Gasteiger partial charge on any atom is 0.227 e. The summed E-state index contributed by atoms with van der Waals surface area (Å²) in [6.07, 6.45) is 3.05. The average molecular weight is 347 g/mol. The zero-order valence-electron chi connectivity index (χ0n) is 13.8. The van der Waals surface area contributed by atoms with E-state index in [2.05, 4.69) is 0 Å². The summed E-state index contributed by atoms with van der Waals surface area (Å²) in [7, 11) is 1.66. The summed E-state index contributed by atoms with van der Waals surface area (Å²) in [6, 6.07) is 13.7. The van der Waals surface area contributed by atoms with Gasteiger partial charge in [0.1, 0.15) is 5.75 Å². The molecule has 24 heavy (non-hydrogen) atoms. The third-order valence-corrected chi connectivity index (χ3v) is 4.39. The van der Waals surface area contributed by atoms with Crippen molar-refractivity contribution < 1.29 is 9.53 Å². The van der Waals surface area contributed by atoms with Crippen molar-refractivity contribution >= 4 is 29.7 Å². The van der Waals surface area contributed by atoms with Crippen LogP contribution in [0.3, 0.4) is 0 Å². The quantitative estimate of drug-likeness (QED) is 0.860. The molecule has 0 atom stereocenters. The van der Waals surface area contributed by atoms with Crippen LogP contribution in [0.4, 0.5) is 11.4 Å². The lowest BCUT2D eigenvalue weighted by Crippen LogP contribution is -2.35. The first-order valence-electron chi connectivity index (χ1n) is 8.00. The molecule has 2 aromatic carbocycles. The number of ether oxygens (including phenoxy) is 1. The number of hydrogen-bond donors (Lipinski definition) is 1. The van der Waals surface area contributed by atoms with E-state index in [1.54, 1.807) is 7.11 Å². The van der Waals surface area contributed by atoms with Crippen molar-refractivity contribution in [3.63, 3.8) is 0 Å². The maximum atomic E-state index is 12.7. The van der Waals surface area contributed by atoms with Crippen LogP contribution in [0, 0.1) is 0 Å². The van der Waals surface area contributed by atoms with Crippen LogP contribution in [0.15, 0.2) is 42.5 Å². The number of nitrogens with two attached hydrogens (primary N) is 1. The summed E-state index contributed by atoms with van der Waals surface area (Å²) in [5.41, 5.74) is 9.97. The van der Waals surface area contributed by atoms with Gasteiger partial charge in [0.15, 0.2) is 0 Å². The smallest absolute Gasteiger partial charge is 0.227 e. The predicted octanol–water partition coefficient (Wildman–Crippen LogP) is 3.61. The molecular weight excluding hydrogens is 324 g/mol. The van der Waals surface area contributed by atoms with E-state index in [0.717, 1.165) is 47.6 Å². The topological polar surface area (TPSA) is 55.6 Å². The highest BCUT2D eigenvalue weighted by atomic mass is 35.5. The Hall–Kier alpha value is -2.20. The molecule has 0 saturated heterocycles. The molecule has 1 amide bonds. The fourth-order valence-corrected chi connectivity index (χ4v) is 3.20. The van der Waals surface area contributed by atoms with Crippen LogP contribution in [-0.4, -0.2) is 19.6 Å². The highest BCUT2D eigenvalue weighted by Crippen LogP contribution is 2.32. The molecule has 0 aromatic heterocycles. The van der Waals surface area contributed by atoms with E-state index in [0.29, 0.717) is 12.8 Å². The number of carbonyl (C=O) groups excluding carboxylic acids is 1. The van der Waals surface area contributed by atoms with Crippen molar-refractivity contribution in [1.82, 2.24) is 0 Å². The molecule has 0 unspecified atom stereocenters. The minimum Gasteiger partial charge on any atom is -0.496 e. The van der Waals surface area contributed by atoms with Crippen LogP contribution in [0.25, 0.3) is 0 Å². The molecule has 0 bridgehead atoms. The van der Waals surface area contributed by atoms with Gasteiger partial charge in [-0.3, -0.25) is 4.79 Å². The van der Waals surface area contributed by atoms with Crippen molar-refractivity contribution in [2.45, 2.75) is 25.7 Å². The van der Waals surface area contributed by atoms with Gasteiger partial charge in [0.2, 0.25) is 5.91 Å². The Labute approximate surface area is 149 Å². The largest absolute Gasteiger partial charge is 0.496 e. The number of aryl methyl sites for hydroxylation is 1. The first-order chi connectivity index (χ1) is 11.2. The van der Waals surface area contributed by atoms with Crippen molar-refractivity contribution in [3.05, 3.63) is 53.6 Å². The first-order valence-corrected chi connectivity index (χ1v) is 8.00. The van der Waals surface area contributed by atoms with E-state index >= 15 is 0 Å². The molecule has 0 fully saturated rings. The van der Waals surface area contributed by atoms with Gasteiger partial charge in [-0.2, -0.15) is 0 Å². The van der Waals surface area contributed by atoms with Gasteiger partial charge in [-0.25, -0.2) is 0 Å². The molecule has 0 spiro atoms. The molecular formula is C19H23ClN2O2. The van der Waals surface area contributed by atoms with Gasteiger partial charge in [0.05, 0.1) is 7.11 Å². The predicted molar refractivity (Wildman–Crippen MR) is 100 cm³/mol. The van der Waals surface area contributed by atoms with Crippen LogP contribution in [-0.2, 0) is 17.6 Å². The number of nitrogen functional groups attached to an aromatic ring is 1. The molecule has 5 heteroatoms. The second kappa shape index (κ2) is 8.06. The molecule has 2 N–H and O–H groups in total. The third kappa shape index (κ3) is 3.65. The minimum absolute atomic E-state index is 0. The number of carbonyl (C=O) groups is 1. The standard InChI is InChI=1S/C19H22N2O2.ClH/c1-23-18-10-3-2-6-14(18)11-12-19(22)21-13-5-7-15-16(20)8-4-9-17(15)21;/h2-4,6,8-10H,5,7,11-13,20H2,1H3;1H. The Morgan fingerprint density at radius 1 is 1.21 bits per heavy atom. The van der Waals surface area contributed by atoms with E-state index < -0.39 is 0 Å². The summed E-state index contributed by atoms with van der Waals surface area (Å²) in [4.78, 5) is 14.6. The lowest BCUT2D eigenvalue weighted by atomic mass is 9.99. The fraction of sp³-hybridized carbons (Fsp3) is 0.316. The van der Waals surface area contributed by atoms with Crippen LogP contribution < -0.4 is 15.4 Å². The van der Waals surface area contributed by atoms with E-state index in [4.69, 9.17) is 10.5 Å². The number of anilines is 2. The Morgan fingerprint density at radius 3 is 2.79 bits per heavy atom. The van der Waals surface area contributed by atoms with E-state index in [1.165, 1.54) is 0 Å². The molecule has 1 aliphatic rings. The Balaban J connectivity index is 0.00000208. The Morgan fingerprint density at radius 2 is 2.00 bits per heavy atom. The highest BCUT2D eigenvalue weighted by molar-refractivity contribution is 5.95. The number of fused-ring (bicyclic) bond motifs is 1. The minimum atomic E-state index is 0. The SMILES string of the molecule is COc1ccccc1CCC(=O)N1CCCc2c(N)cccc21.Cl. The highest BCUT2D eigenvalue weighted by Gasteiger charge is 2.23. The number of amides is 1. The van der Waals surface area contributed by atoms with Crippen LogP contribution in [0.1, 0.15) is 24.0 Å². The van der Waals surface area contributed by atoms with Crippen molar-refractivity contribution in [2.24, 2.45) is 0 Å². The molecule has 3 rings (SSSR count). The molecule has 2 aromatic rings. The number of rotatable bonds is 4. The summed E-state index contributed by atoms with van der Waals surface area (Å²) in [6.45, 7) is 0.765. The fourth-order valence-electron chi connectivity index (χ4n) is 3.20. The van der Waals surface area contributed by atoms with E-state index in [1.807, 2.05) is 47.4 Å². The molecule has 0 radical (unpaired) electrons. The van der Waals surface area contributed by atoms with Gasteiger partial charge in [-0.1, -0.05) is 24.3 Å². The summed E-state index contributed by atoms with van der Waals surface area (Å²) in [5, 5.41) is 0. The van der Waals surface area contributed by atoms with Gasteiger partial charge in [-0.05, 0) is 48.6 Å². The molecule has 0 saturated carbocycles. The van der Waals surface area contributed by atoms with E-state index in [-0.39, 0.29) is 18.3 Å². The number of methoxy groups -OCH3 is 1. The zero-order valence-corrected chi connectivity index (χ0v) is 14.6. The van der Waals surface area contributed by atoms with Gasteiger partial charge >= 0.3 is 0 Å². The zero-order chi connectivity index (χ0) is 16.2. The molecule has 1 aliphatic heterocycles. The first kappa shape index (κ1) is 18.1. The summed E-state index contributed by atoms with van der Waals surface area (Å²) in [5.74, 6) is 0.978. The van der Waals surface area contributed by atoms with Gasteiger partial charge < -0.3 is 15.4 Å². The number of hydrogen-bond acceptors (Lipinski definition) is 3. The third-order valence-electron chi connectivity index (χ3n) is 4.39. The van der Waals surface area contributed by atoms with Crippen LogP contribution in [0.5, 0.6) is 5.75 Å². The molecule has 4 nitrogen and oxygen atoms in total. The average Bonchev–Trinajstić information content (AvgIpc) is 2.60. The second-order valence-corrected chi connectivity index (χ2v) is 5.81. The van der Waals surface area contributed by atoms with Gasteiger partial charge in [0.25, 0.3) is 0 Å². The van der Waals surface area contributed by atoms with Crippen LogP contribution in [0.2, 0.25) is 0 Å². The van der Waals surface area contributed by atoms with Crippen molar-refractivity contribution in [1.29, 1.82) is 0 Å². The monoisotopic (exact) mass is 346 g/mol. The van der Waals surface area contributed by atoms with Gasteiger partial charge in [-0.15, -0.1) is 12.4 Å². The van der Waals surface area contributed by atoms with Crippen molar-refractivity contribution in [3.8, 4) is 5.75 Å². The number of benzene rings is 2. The molecule has 1 heterocycles. The normalized spacial score (nSPS) is 13.0. The Kier molecular flexibility index (Phi) is 6.10. The van der Waals surface area contributed by atoms with E-state index in [9.17, 15) is 4.79 Å². The summed E-state index contributed by atoms with van der Waals surface area (Å²) < 4.78 is 5.35. The van der Waals surface area contributed by atoms with Gasteiger partial charge in [0, 0.05) is 24.3 Å². The number of para-hydroxylation sites is 1. The Bertz CT molecular complexity index is 718. The number of halogens is 1. The van der Waals surface area contributed by atoms with Crippen molar-refractivity contribution in [2.75, 3.05) is 24.3 Å². The molecule has 0 aliphatic carbocycles.